The normalized spacial score (nSPS) is 23.8. The molecule has 104 valence electrons. The molecule has 2 fully saturated rings. The summed E-state index contributed by atoms with van der Waals surface area (Å²) < 4.78 is 5.24. The Morgan fingerprint density at radius 2 is 2.11 bits per heavy atom. The summed E-state index contributed by atoms with van der Waals surface area (Å²) in [7, 11) is 0. The monoisotopic (exact) mass is 256 g/mol. The third-order valence-corrected chi connectivity index (χ3v) is 4.08. The highest BCUT2D eigenvalue weighted by atomic mass is 16.5. The Balaban J connectivity index is 1.73. The zero-order valence-corrected chi connectivity index (χ0v) is 11.2. The van der Waals surface area contributed by atoms with E-state index < -0.39 is 0 Å². The number of hydrogen-bond acceptors (Lipinski definition) is 4. The minimum absolute atomic E-state index is 0.140. The molecule has 0 aromatic heterocycles. The molecule has 0 spiro atoms. The van der Waals surface area contributed by atoms with Crippen molar-refractivity contribution in [2.24, 2.45) is 5.41 Å². The molecule has 1 saturated carbocycles. The number of nitrogens with zero attached hydrogens (tertiary/aromatic N) is 1. The molecule has 18 heavy (non-hydrogen) atoms. The minimum Gasteiger partial charge on any atom is -0.396 e. The Kier molecular flexibility index (Phi) is 4.59. The quantitative estimate of drug-likeness (QED) is 0.701. The Labute approximate surface area is 108 Å². The third-order valence-electron chi connectivity index (χ3n) is 4.08. The molecule has 1 atom stereocenters. The molecule has 0 aromatic rings. The summed E-state index contributed by atoms with van der Waals surface area (Å²) in [5.41, 5.74) is 0.258. The molecule has 1 unspecified atom stereocenters. The second-order valence-electron chi connectivity index (χ2n) is 5.51. The maximum Gasteiger partial charge on any atom is 0.239 e. The molecular weight excluding hydrogens is 232 g/mol. The van der Waals surface area contributed by atoms with Crippen LogP contribution in [0.4, 0.5) is 0 Å². The van der Waals surface area contributed by atoms with Crippen molar-refractivity contribution >= 4 is 5.91 Å². The van der Waals surface area contributed by atoms with Crippen molar-refractivity contribution in [1.29, 1.82) is 0 Å². The van der Waals surface area contributed by atoms with Crippen LogP contribution >= 0.6 is 0 Å². The molecular formula is C13H24N2O3. The van der Waals surface area contributed by atoms with Gasteiger partial charge in [0.05, 0.1) is 19.3 Å². The SMILES string of the molecule is CC(NCC1(CCO)CC1)C(=O)N1CCOCC1. The number of amides is 1. The van der Waals surface area contributed by atoms with Crippen LogP contribution in [0.2, 0.25) is 0 Å². The molecule has 1 aliphatic heterocycles. The number of ether oxygens (including phenoxy) is 1. The maximum atomic E-state index is 12.2. The van der Waals surface area contributed by atoms with Gasteiger partial charge in [0.15, 0.2) is 0 Å². The molecule has 0 bridgehead atoms. The van der Waals surface area contributed by atoms with Crippen molar-refractivity contribution in [2.75, 3.05) is 39.5 Å². The third kappa shape index (κ3) is 3.43. The number of nitrogens with one attached hydrogen (secondary N) is 1. The molecule has 0 aromatic carbocycles. The average Bonchev–Trinajstić information content (AvgIpc) is 3.17. The lowest BCUT2D eigenvalue weighted by Gasteiger charge is -2.30. The number of carbonyl (C=O) groups excluding carboxylic acids is 1. The lowest BCUT2D eigenvalue weighted by Crippen LogP contribution is -2.50. The lowest BCUT2D eigenvalue weighted by atomic mass is 10.0. The highest BCUT2D eigenvalue weighted by Crippen LogP contribution is 2.47. The van der Waals surface area contributed by atoms with E-state index in [1.165, 1.54) is 12.8 Å². The van der Waals surface area contributed by atoms with E-state index in [-0.39, 0.29) is 24.0 Å². The van der Waals surface area contributed by atoms with Crippen molar-refractivity contribution in [3.05, 3.63) is 0 Å². The van der Waals surface area contributed by atoms with Crippen LogP contribution in [0.5, 0.6) is 0 Å². The van der Waals surface area contributed by atoms with E-state index in [1.54, 1.807) is 0 Å². The fraction of sp³-hybridized carbons (Fsp3) is 0.923. The van der Waals surface area contributed by atoms with E-state index in [4.69, 9.17) is 9.84 Å². The summed E-state index contributed by atoms with van der Waals surface area (Å²) in [6.07, 6.45) is 3.18. The molecule has 5 heteroatoms. The van der Waals surface area contributed by atoms with Gasteiger partial charge in [0.2, 0.25) is 5.91 Å². The van der Waals surface area contributed by atoms with Gasteiger partial charge >= 0.3 is 0 Å². The van der Waals surface area contributed by atoms with Gasteiger partial charge in [0.25, 0.3) is 0 Å². The summed E-state index contributed by atoms with van der Waals surface area (Å²) in [4.78, 5) is 14.0. The van der Waals surface area contributed by atoms with E-state index in [0.29, 0.717) is 26.3 Å². The molecule has 1 amide bonds. The Morgan fingerprint density at radius 1 is 1.44 bits per heavy atom. The van der Waals surface area contributed by atoms with Gasteiger partial charge in [-0.2, -0.15) is 0 Å². The van der Waals surface area contributed by atoms with Crippen LogP contribution in [0.3, 0.4) is 0 Å². The van der Waals surface area contributed by atoms with Gasteiger partial charge in [0, 0.05) is 26.2 Å². The van der Waals surface area contributed by atoms with Gasteiger partial charge in [-0.3, -0.25) is 4.79 Å². The standard InChI is InChI=1S/C13H24N2O3/c1-11(12(17)15-5-8-18-9-6-15)14-10-13(2-3-13)4-7-16/h11,14,16H,2-10H2,1H3. The number of rotatable bonds is 6. The maximum absolute atomic E-state index is 12.2. The largest absolute Gasteiger partial charge is 0.396 e. The van der Waals surface area contributed by atoms with Crippen molar-refractivity contribution < 1.29 is 14.6 Å². The smallest absolute Gasteiger partial charge is 0.239 e. The van der Waals surface area contributed by atoms with Gasteiger partial charge in [0.1, 0.15) is 0 Å². The molecule has 2 aliphatic rings. The van der Waals surface area contributed by atoms with Gasteiger partial charge in [-0.05, 0) is 31.6 Å². The van der Waals surface area contributed by atoms with Crippen LogP contribution in [0.15, 0.2) is 0 Å². The van der Waals surface area contributed by atoms with Gasteiger partial charge in [-0.15, -0.1) is 0 Å². The Morgan fingerprint density at radius 3 is 2.67 bits per heavy atom. The number of hydrogen-bond donors (Lipinski definition) is 2. The van der Waals surface area contributed by atoms with E-state index in [1.807, 2.05) is 11.8 Å². The van der Waals surface area contributed by atoms with Crippen molar-refractivity contribution in [2.45, 2.75) is 32.2 Å². The number of aliphatic hydroxyl groups is 1. The van der Waals surface area contributed by atoms with Gasteiger partial charge in [-0.25, -0.2) is 0 Å². The van der Waals surface area contributed by atoms with Crippen LogP contribution in [0, 0.1) is 5.41 Å². The molecule has 0 radical (unpaired) electrons. The molecule has 5 nitrogen and oxygen atoms in total. The number of aliphatic hydroxyl groups excluding tert-OH is 1. The van der Waals surface area contributed by atoms with Crippen molar-refractivity contribution in [3.63, 3.8) is 0 Å². The minimum atomic E-state index is -0.140. The van der Waals surface area contributed by atoms with Gasteiger partial charge in [-0.1, -0.05) is 0 Å². The predicted molar refractivity (Wildman–Crippen MR) is 68.2 cm³/mol. The fourth-order valence-corrected chi connectivity index (χ4v) is 2.44. The summed E-state index contributed by atoms with van der Waals surface area (Å²) >= 11 is 0. The van der Waals surface area contributed by atoms with E-state index >= 15 is 0 Å². The molecule has 2 N–H and O–H groups in total. The van der Waals surface area contributed by atoms with Crippen LogP contribution in [-0.4, -0.2) is 61.4 Å². The summed E-state index contributed by atoms with van der Waals surface area (Å²) in [6, 6.07) is -0.140. The lowest BCUT2D eigenvalue weighted by molar-refractivity contribution is -0.137. The summed E-state index contributed by atoms with van der Waals surface area (Å²) in [5.74, 6) is 0.165. The predicted octanol–water partition coefficient (Wildman–Crippen LogP) is -0.0141. The summed E-state index contributed by atoms with van der Waals surface area (Å²) in [6.45, 7) is 5.70. The zero-order valence-electron chi connectivity index (χ0n) is 11.2. The van der Waals surface area contributed by atoms with Crippen LogP contribution < -0.4 is 5.32 Å². The topological polar surface area (TPSA) is 61.8 Å². The molecule has 2 rings (SSSR count). The highest BCUT2D eigenvalue weighted by molar-refractivity contribution is 5.81. The fourth-order valence-electron chi connectivity index (χ4n) is 2.44. The average molecular weight is 256 g/mol. The first kappa shape index (κ1) is 13.8. The first-order chi connectivity index (χ1) is 8.67. The van der Waals surface area contributed by atoms with E-state index in [9.17, 15) is 4.79 Å². The summed E-state index contributed by atoms with van der Waals surface area (Å²) in [5, 5.41) is 12.3. The number of morpholine rings is 1. The molecule has 1 saturated heterocycles. The Bertz CT molecular complexity index is 286. The van der Waals surface area contributed by atoms with Gasteiger partial charge < -0.3 is 20.1 Å². The highest BCUT2D eigenvalue weighted by Gasteiger charge is 2.42. The van der Waals surface area contributed by atoms with Crippen LogP contribution in [0.25, 0.3) is 0 Å². The second kappa shape index (κ2) is 5.99. The van der Waals surface area contributed by atoms with E-state index in [2.05, 4.69) is 5.32 Å². The van der Waals surface area contributed by atoms with Crippen LogP contribution in [-0.2, 0) is 9.53 Å². The van der Waals surface area contributed by atoms with Crippen LogP contribution in [0.1, 0.15) is 26.2 Å². The van der Waals surface area contributed by atoms with Crippen molar-refractivity contribution in [1.82, 2.24) is 10.2 Å². The number of carbonyl (C=O) groups is 1. The zero-order chi connectivity index (χ0) is 13.0. The Hall–Kier alpha value is -0.650. The van der Waals surface area contributed by atoms with E-state index in [0.717, 1.165) is 13.0 Å². The van der Waals surface area contributed by atoms with Crippen molar-refractivity contribution in [3.8, 4) is 0 Å². The molecule has 1 heterocycles. The first-order valence-electron chi connectivity index (χ1n) is 6.88. The second-order valence-corrected chi connectivity index (χ2v) is 5.51. The molecule has 1 aliphatic carbocycles. The first-order valence-corrected chi connectivity index (χ1v) is 6.88.